The fourth-order valence-corrected chi connectivity index (χ4v) is 5.84. The molecule has 3 aromatic heterocycles. The summed E-state index contributed by atoms with van der Waals surface area (Å²) < 4.78 is 0.364. The largest absolute Gasteiger partial charge is 0.507 e. The molecule has 1 aliphatic heterocycles. The molecular formula is C27H22ClN8O4+. The van der Waals surface area contributed by atoms with E-state index in [2.05, 4.69) is 25.7 Å². The number of nitrogens with zero attached hydrogens (tertiary/aromatic N) is 7. The Morgan fingerprint density at radius 3 is 2.65 bits per heavy atom. The Balaban J connectivity index is 1.56. The number of fused-ring (bicyclic) bond motifs is 3. The topological polar surface area (TPSA) is 163 Å². The van der Waals surface area contributed by atoms with Crippen LogP contribution < -0.4 is 10.2 Å². The predicted octanol–water partition coefficient (Wildman–Crippen LogP) is 4.42. The van der Waals surface area contributed by atoms with E-state index in [4.69, 9.17) is 16.6 Å². The molecule has 13 heteroatoms. The molecule has 1 aliphatic rings. The highest BCUT2D eigenvalue weighted by molar-refractivity contribution is 6.35. The maximum Gasteiger partial charge on any atom is 0.282 e. The zero-order chi connectivity index (χ0) is 27.6. The molecule has 0 spiro atoms. The summed E-state index contributed by atoms with van der Waals surface area (Å²) in [6, 6.07) is 14.6. The van der Waals surface area contributed by atoms with Crippen molar-refractivity contribution >= 4 is 50.3 Å². The Kier molecular flexibility index (Phi) is 5.46. The Bertz CT molecular complexity index is 2030. The molecule has 12 nitrogen and oxygen atoms in total. The van der Waals surface area contributed by atoms with Crippen molar-refractivity contribution in [1.29, 1.82) is 0 Å². The van der Waals surface area contributed by atoms with Crippen molar-refractivity contribution in [2.45, 2.75) is 25.4 Å². The second-order valence-corrected chi connectivity index (χ2v) is 10.3. The average molecular weight is 558 g/mol. The smallest absolute Gasteiger partial charge is 0.282 e. The highest BCUT2D eigenvalue weighted by Crippen LogP contribution is 2.47. The molecule has 200 valence electrons. The van der Waals surface area contributed by atoms with Crippen molar-refractivity contribution in [2.75, 3.05) is 6.54 Å². The first-order valence-electron chi connectivity index (χ1n) is 12.7. The first-order valence-corrected chi connectivity index (χ1v) is 13.0. The highest BCUT2D eigenvalue weighted by atomic mass is 35.5. The number of hydroxylamine groups is 2. The standard InChI is InChI=1S/C27H21ClN8O4/c28-17-8-10-21(38)24-15(17)13-16(23-20(37)11-9-19-25(23)32-33-30-19)26(29-24)36(40)12-4-3-7-22(36)35-27(39)14-5-1-2-6-18(14)31-34-35/h1-2,5-6,8-11,13,22,40H,3-4,7,12H2,(H2-,30,31,32,33,34,37,38,39)/p+1. The number of halogens is 1. The number of nitrogens with one attached hydrogen (secondary N) is 1. The number of pyridine rings is 1. The van der Waals surface area contributed by atoms with Gasteiger partial charge in [0.15, 0.2) is 0 Å². The molecule has 40 heavy (non-hydrogen) atoms. The SMILES string of the molecule is O=c1c2ccccc2nnn1C1CCCC[N+]1(O)c1nc2c(O)ccc(Cl)c2cc1-c1c(O)ccc2n[nH]nc12. The van der Waals surface area contributed by atoms with Gasteiger partial charge in [0, 0.05) is 18.2 Å². The van der Waals surface area contributed by atoms with Crippen molar-refractivity contribution < 1.29 is 15.4 Å². The summed E-state index contributed by atoms with van der Waals surface area (Å²) in [5.41, 5.74) is 1.62. The van der Waals surface area contributed by atoms with Crippen LogP contribution in [0.1, 0.15) is 25.4 Å². The Hall–Kier alpha value is -4.65. The van der Waals surface area contributed by atoms with Crippen molar-refractivity contribution in [3.05, 3.63) is 70.0 Å². The molecular weight excluding hydrogens is 536 g/mol. The molecule has 7 rings (SSSR count). The van der Waals surface area contributed by atoms with Crippen LogP contribution in [0.5, 0.6) is 11.5 Å². The third kappa shape index (κ3) is 3.54. The van der Waals surface area contributed by atoms with Gasteiger partial charge in [-0.2, -0.15) is 25.1 Å². The van der Waals surface area contributed by atoms with E-state index < -0.39 is 16.4 Å². The minimum atomic E-state index is -0.901. The van der Waals surface area contributed by atoms with Gasteiger partial charge in [0.1, 0.15) is 40.1 Å². The van der Waals surface area contributed by atoms with Crippen molar-refractivity contribution in [3.8, 4) is 22.6 Å². The second kappa shape index (κ2) is 8.95. The molecule has 4 heterocycles. The second-order valence-electron chi connectivity index (χ2n) is 9.86. The summed E-state index contributed by atoms with van der Waals surface area (Å²) >= 11 is 6.52. The van der Waals surface area contributed by atoms with Crippen LogP contribution >= 0.6 is 11.6 Å². The lowest BCUT2D eigenvalue weighted by Crippen LogP contribution is -2.57. The number of quaternary nitrogens is 1. The predicted molar refractivity (Wildman–Crippen MR) is 148 cm³/mol. The molecule has 1 saturated heterocycles. The number of hydrogen-bond donors (Lipinski definition) is 4. The maximum atomic E-state index is 13.6. The minimum Gasteiger partial charge on any atom is -0.507 e. The first kappa shape index (κ1) is 24.4. The Labute approximate surface area is 230 Å². The molecule has 0 saturated carbocycles. The molecule has 2 atom stereocenters. The van der Waals surface area contributed by atoms with E-state index in [1.807, 2.05) is 0 Å². The van der Waals surface area contributed by atoms with Crippen LogP contribution in [0.4, 0.5) is 5.82 Å². The zero-order valence-corrected chi connectivity index (χ0v) is 21.6. The molecule has 0 bridgehead atoms. The number of phenolic OH excluding ortho intramolecular Hbond substituents is 2. The fraction of sp³-hybridized carbons (Fsp3) is 0.185. The minimum absolute atomic E-state index is 0.0856. The molecule has 4 N–H and O–H groups in total. The third-order valence-corrected chi connectivity index (χ3v) is 7.90. The molecule has 0 aliphatic carbocycles. The van der Waals surface area contributed by atoms with Crippen LogP contribution in [0.15, 0.2) is 59.4 Å². The molecule has 0 radical (unpaired) electrons. The van der Waals surface area contributed by atoms with E-state index >= 15 is 0 Å². The van der Waals surface area contributed by atoms with E-state index in [-0.39, 0.29) is 34.9 Å². The van der Waals surface area contributed by atoms with Gasteiger partial charge in [-0.1, -0.05) is 28.9 Å². The number of benzene rings is 3. The Morgan fingerprint density at radius 2 is 1.77 bits per heavy atom. The molecule has 0 amide bonds. The van der Waals surface area contributed by atoms with Crippen LogP contribution in [0, 0.1) is 0 Å². The van der Waals surface area contributed by atoms with Gasteiger partial charge in [0.2, 0.25) is 6.17 Å². The lowest BCUT2D eigenvalue weighted by atomic mass is 9.98. The number of aromatic amines is 1. The summed E-state index contributed by atoms with van der Waals surface area (Å²) in [5.74, 6) is -0.177. The lowest BCUT2D eigenvalue weighted by molar-refractivity contribution is -0.161. The number of phenols is 2. The van der Waals surface area contributed by atoms with Crippen LogP contribution in [0.2, 0.25) is 5.02 Å². The summed E-state index contributed by atoms with van der Waals surface area (Å²) in [6.45, 7) is 0.175. The van der Waals surface area contributed by atoms with Crippen LogP contribution in [0.3, 0.4) is 0 Å². The normalized spacial score (nSPS) is 19.5. The van der Waals surface area contributed by atoms with Gasteiger partial charge in [-0.3, -0.25) is 4.79 Å². The van der Waals surface area contributed by atoms with Gasteiger partial charge in [-0.15, -0.1) is 9.75 Å². The van der Waals surface area contributed by atoms with Crippen LogP contribution in [-0.4, -0.2) is 57.4 Å². The summed E-state index contributed by atoms with van der Waals surface area (Å²) in [6.07, 6.45) is 0.825. The van der Waals surface area contributed by atoms with Gasteiger partial charge >= 0.3 is 0 Å². The third-order valence-electron chi connectivity index (χ3n) is 7.57. The van der Waals surface area contributed by atoms with Crippen molar-refractivity contribution in [1.82, 2.24) is 40.0 Å². The highest BCUT2D eigenvalue weighted by Gasteiger charge is 2.48. The number of H-pyrrole nitrogens is 1. The molecule has 6 aromatic rings. The Morgan fingerprint density at radius 1 is 0.950 bits per heavy atom. The molecule has 3 aromatic carbocycles. The molecule has 1 fully saturated rings. The maximum absolute atomic E-state index is 13.6. The number of aromatic nitrogens is 7. The van der Waals surface area contributed by atoms with Gasteiger partial charge in [0.05, 0.1) is 21.5 Å². The van der Waals surface area contributed by atoms with E-state index in [0.717, 1.165) is 6.42 Å². The summed E-state index contributed by atoms with van der Waals surface area (Å²) in [4.78, 5) is 18.4. The van der Waals surface area contributed by atoms with Crippen LogP contribution in [0.25, 0.3) is 44.0 Å². The van der Waals surface area contributed by atoms with Crippen molar-refractivity contribution in [3.63, 3.8) is 0 Å². The quantitative estimate of drug-likeness (QED) is 0.231. The fourth-order valence-electron chi connectivity index (χ4n) is 5.64. The van der Waals surface area contributed by atoms with Gasteiger partial charge in [0.25, 0.3) is 11.4 Å². The average Bonchev–Trinajstić information content (AvgIpc) is 3.44. The number of aromatic hydroxyl groups is 2. The number of rotatable bonds is 3. The van der Waals surface area contributed by atoms with Gasteiger partial charge < -0.3 is 10.2 Å². The number of piperidine rings is 1. The van der Waals surface area contributed by atoms with Crippen LogP contribution in [-0.2, 0) is 0 Å². The summed E-state index contributed by atoms with van der Waals surface area (Å²) in [5, 5.41) is 54.8. The summed E-state index contributed by atoms with van der Waals surface area (Å²) in [7, 11) is 0. The first-order chi connectivity index (χ1) is 19.4. The lowest BCUT2D eigenvalue weighted by Gasteiger charge is -2.39. The van der Waals surface area contributed by atoms with Crippen molar-refractivity contribution in [2.24, 2.45) is 0 Å². The van der Waals surface area contributed by atoms with E-state index in [9.17, 15) is 20.2 Å². The van der Waals surface area contributed by atoms with E-state index in [1.165, 1.54) is 22.9 Å². The van der Waals surface area contributed by atoms with E-state index in [1.54, 1.807) is 36.4 Å². The van der Waals surface area contributed by atoms with Gasteiger partial charge in [-0.05, 0) is 48.9 Å². The zero-order valence-electron chi connectivity index (χ0n) is 20.9. The number of hydrogen-bond acceptors (Lipinski definition) is 9. The monoisotopic (exact) mass is 557 g/mol. The molecule has 2 unspecified atom stereocenters. The van der Waals surface area contributed by atoms with Gasteiger partial charge in [-0.25, -0.2) is 5.21 Å². The van der Waals surface area contributed by atoms with E-state index in [0.29, 0.717) is 50.8 Å².